The maximum atomic E-state index is 13.3. The second-order valence-corrected chi connectivity index (χ2v) is 8.12. The standard InChI is InChI=1S/C23H25N3O2/c1-14(27)15-4-7-18-16(11-15)6-9-22-19(18)3-2-10-26(22)23(28)17-5-8-20-21(12-17)25-13-24-20/h4-5,7-8,11-14,19,22,27H,2-3,6,9-10H2,1H3,(H,24,25)/t14?,19-,22?/m1/s1. The van der Waals surface area contributed by atoms with Gasteiger partial charge in [0, 0.05) is 24.1 Å². The smallest absolute Gasteiger partial charge is 0.254 e. The van der Waals surface area contributed by atoms with Gasteiger partial charge in [-0.15, -0.1) is 0 Å². The highest BCUT2D eigenvalue weighted by Crippen LogP contribution is 2.41. The van der Waals surface area contributed by atoms with Crippen molar-refractivity contribution in [1.29, 1.82) is 0 Å². The van der Waals surface area contributed by atoms with Crippen molar-refractivity contribution in [2.45, 2.75) is 50.7 Å². The molecule has 2 unspecified atom stereocenters. The van der Waals surface area contributed by atoms with Crippen LogP contribution in [0.15, 0.2) is 42.7 Å². The van der Waals surface area contributed by atoms with E-state index in [-0.39, 0.29) is 11.9 Å². The van der Waals surface area contributed by atoms with Crippen LogP contribution >= 0.6 is 0 Å². The van der Waals surface area contributed by atoms with Crippen molar-refractivity contribution in [2.24, 2.45) is 0 Å². The molecule has 1 amide bonds. The molecule has 144 valence electrons. The Labute approximate surface area is 164 Å². The van der Waals surface area contributed by atoms with Gasteiger partial charge in [-0.25, -0.2) is 4.98 Å². The maximum absolute atomic E-state index is 13.3. The molecule has 0 saturated carbocycles. The normalized spacial score (nSPS) is 22.6. The fourth-order valence-corrected chi connectivity index (χ4v) is 5.03. The lowest BCUT2D eigenvalue weighted by molar-refractivity contribution is 0.0547. The van der Waals surface area contributed by atoms with Crippen LogP contribution in [0.1, 0.15) is 65.3 Å². The number of aryl methyl sites for hydroxylation is 1. The summed E-state index contributed by atoms with van der Waals surface area (Å²) in [6.07, 6.45) is 5.31. The monoisotopic (exact) mass is 375 g/mol. The Balaban J connectivity index is 1.45. The lowest BCUT2D eigenvalue weighted by atomic mass is 9.73. The highest BCUT2D eigenvalue weighted by atomic mass is 16.3. The number of fused-ring (bicyclic) bond motifs is 4. The number of piperidine rings is 1. The van der Waals surface area contributed by atoms with E-state index in [2.05, 4.69) is 27.0 Å². The van der Waals surface area contributed by atoms with Crippen molar-refractivity contribution < 1.29 is 9.90 Å². The average Bonchev–Trinajstić information content (AvgIpc) is 3.20. The van der Waals surface area contributed by atoms with Gasteiger partial charge in [-0.05, 0) is 67.5 Å². The highest BCUT2D eigenvalue weighted by Gasteiger charge is 2.38. The molecular weight excluding hydrogens is 350 g/mol. The van der Waals surface area contributed by atoms with E-state index in [9.17, 15) is 9.90 Å². The van der Waals surface area contributed by atoms with Gasteiger partial charge in [0.25, 0.3) is 5.91 Å². The molecule has 5 nitrogen and oxygen atoms in total. The number of rotatable bonds is 2. The number of carbonyl (C=O) groups is 1. The van der Waals surface area contributed by atoms with Crippen LogP contribution in [0.4, 0.5) is 0 Å². The molecule has 5 heteroatoms. The minimum Gasteiger partial charge on any atom is -0.389 e. The van der Waals surface area contributed by atoms with Gasteiger partial charge in [-0.1, -0.05) is 18.2 Å². The number of nitrogens with one attached hydrogen (secondary N) is 1. The number of benzene rings is 2. The zero-order valence-electron chi connectivity index (χ0n) is 16.1. The van der Waals surface area contributed by atoms with Crippen molar-refractivity contribution in [3.63, 3.8) is 0 Å². The number of aliphatic hydroxyl groups excluding tert-OH is 1. The molecule has 3 atom stereocenters. The molecule has 2 aliphatic rings. The van der Waals surface area contributed by atoms with Crippen molar-refractivity contribution in [2.75, 3.05) is 6.54 Å². The molecule has 0 radical (unpaired) electrons. The molecule has 3 aromatic rings. The van der Waals surface area contributed by atoms with E-state index in [1.807, 2.05) is 31.2 Å². The summed E-state index contributed by atoms with van der Waals surface area (Å²) >= 11 is 0. The van der Waals surface area contributed by atoms with Crippen LogP contribution in [0.25, 0.3) is 11.0 Å². The SMILES string of the molecule is CC(O)c1ccc2c(c1)CCC1[C@@H]2CCCN1C(=O)c1ccc2nc[nH]c2c1. The van der Waals surface area contributed by atoms with Crippen LogP contribution in [-0.2, 0) is 6.42 Å². The molecular formula is C23H25N3O2. The van der Waals surface area contributed by atoms with Gasteiger partial charge in [0.2, 0.25) is 0 Å². The summed E-state index contributed by atoms with van der Waals surface area (Å²) < 4.78 is 0. The topological polar surface area (TPSA) is 69.2 Å². The predicted octanol–water partition coefficient (Wildman–Crippen LogP) is 3.95. The van der Waals surface area contributed by atoms with Gasteiger partial charge in [-0.2, -0.15) is 0 Å². The number of aliphatic hydroxyl groups is 1. The number of imidazole rings is 1. The van der Waals surface area contributed by atoms with Gasteiger partial charge in [0.05, 0.1) is 23.5 Å². The van der Waals surface area contributed by atoms with Crippen LogP contribution in [0.2, 0.25) is 0 Å². The number of likely N-dealkylation sites (tertiary alicyclic amines) is 1. The molecule has 28 heavy (non-hydrogen) atoms. The van der Waals surface area contributed by atoms with Crippen LogP contribution < -0.4 is 0 Å². The van der Waals surface area contributed by atoms with Crippen molar-refractivity contribution >= 4 is 16.9 Å². The summed E-state index contributed by atoms with van der Waals surface area (Å²) in [7, 11) is 0. The third kappa shape index (κ3) is 2.81. The number of nitrogens with zero attached hydrogens (tertiary/aromatic N) is 2. The lowest BCUT2D eigenvalue weighted by Gasteiger charge is -2.45. The summed E-state index contributed by atoms with van der Waals surface area (Å²) in [5.41, 5.74) is 6.20. The summed E-state index contributed by atoms with van der Waals surface area (Å²) in [5.74, 6) is 0.510. The van der Waals surface area contributed by atoms with Gasteiger partial charge in [0.15, 0.2) is 0 Å². The molecule has 2 aromatic carbocycles. The number of aromatic nitrogens is 2. The minimum atomic E-state index is -0.440. The first-order chi connectivity index (χ1) is 13.6. The predicted molar refractivity (Wildman–Crippen MR) is 108 cm³/mol. The summed E-state index contributed by atoms with van der Waals surface area (Å²) in [6.45, 7) is 2.63. The van der Waals surface area contributed by atoms with E-state index in [0.29, 0.717) is 5.92 Å². The molecule has 1 aromatic heterocycles. The van der Waals surface area contributed by atoms with E-state index in [4.69, 9.17) is 0 Å². The molecule has 2 N–H and O–H groups in total. The van der Waals surface area contributed by atoms with E-state index in [1.54, 1.807) is 6.33 Å². The number of H-pyrrole nitrogens is 1. The summed E-state index contributed by atoms with van der Waals surface area (Å²) in [5, 5.41) is 9.90. The average molecular weight is 375 g/mol. The van der Waals surface area contributed by atoms with E-state index in [1.165, 1.54) is 11.1 Å². The number of aromatic amines is 1. The first-order valence-corrected chi connectivity index (χ1v) is 10.2. The molecule has 0 bridgehead atoms. The molecule has 5 rings (SSSR count). The Morgan fingerprint density at radius 3 is 3.00 bits per heavy atom. The summed E-state index contributed by atoms with van der Waals surface area (Å²) in [4.78, 5) is 22.8. The zero-order valence-corrected chi connectivity index (χ0v) is 16.1. The minimum absolute atomic E-state index is 0.121. The fraction of sp³-hybridized carbons (Fsp3) is 0.391. The van der Waals surface area contributed by atoms with Crippen molar-refractivity contribution in [1.82, 2.24) is 14.9 Å². The molecule has 0 spiro atoms. The summed E-state index contributed by atoms with van der Waals surface area (Å²) in [6, 6.07) is 12.3. The molecule has 1 aliphatic heterocycles. The van der Waals surface area contributed by atoms with Gasteiger partial charge >= 0.3 is 0 Å². The first-order valence-electron chi connectivity index (χ1n) is 10.2. The van der Waals surface area contributed by atoms with Crippen LogP contribution in [0.3, 0.4) is 0 Å². The number of hydrogen-bond acceptors (Lipinski definition) is 3. The largest absolute Gasteiger partial charge is 0.389 e. The molecule has 1 saturated heterocycles. The Morgan fingerprint density at radius 1 is 1.25 bits per heavy atom. The highest BCUT2D eigenvalue weighted by molar-refractivity contribution is 5.97. The second-order valence-electron chi connectivity index (χ2n) is 8.12. The fourth-order valence-electron chi connectivity index (χ4n) is 5.03. The van der Waals surface area contributed by atoms with Crippen molar-refractivity contribution in [3.8, 4) is 0 Å². The molecule has 1 fully saturated rings. The van der Waals surface area contributed by atoms with Gasteiger partial charge < -0.3 is 15.0 Å². The zero-order chi connectivity index (χ0) is 19.3. The Bertz CT molecular complexity index is 1040. The Morgan fingerprint density at radius 2 is 2.14 bits per heavy atom. The number of amides is 1. The first kappa shape index (κ1) is 17.4. The van der Waals surface area contributed by atoms with Gasteiger partial charge in [-0.3, -0.25) is 4.79 Å². The Kier molecular flexibility index (Phi) is 4.20. The van der Waals surface area contributed by atoms with E-state index in [0.717, 1.165) is 54.4 Å². The maximum Gasteiger partial charge on any atom is 0.254 e. The second kappa shape index (κ2) is 6.74. The van der Waals surface area contributed by atoms with Crippen LogP contribution in [0.5, 0.6) is 0 Å². The third-order valence-electron chi connectivity index (χ3n) is 6.47. The Hall–Kier alpha value is -2.66. The molecule has 1 aliphatic carbocycles. The van der Waals surface area contributed by atoms with Crippen LogP contribution in [0, 0.1) is 0 Å². The lowest BCUT2D eigenvalue weighted by Crippen LogP contribution is -2.49. The molecule has 2 heterocycles. The third-order valence-corrected chi connectivity index (χ3v) is 6.47. The number of hydrogen-bond donors (Lipinski definition) is 2. The van der Waals surface area contributed by atoms with E-state index < -0.39 is 6.10 Å². The van der Waals surface area contributed by atoms with Crippen molar-refractivity contribution in [3.05, 3.63) is 65.0 Å². The quantitative estimate of drug-likeness (QED) is 0.712. The van der Waals surface area contributed by atoms with Gasteiger partial charge in [0.1, 0.15) is 0 Å². The van der Waals surface area contributed by atoms with Crippen LogP contribution in [-0.4, -0.2) is 38.5 Å². The number of carbonyl (C=O) groups excluding carboxylic acids is 1. The van der Waals surface area contributed by atoms with E-state index >= 15 is 0 Å².